The maximum Gasteiger partial charge on any atom is 0.191 e. The SMILES string of the molecule is CC(Oc1ccc(Br)cc1)c1nnc(SCc2ccc(Br)cc2)n1C. The molecule has 1 heterocycles. The highest BCUT2D eigenvalue weighted by Crippen LogP contribution is 2.26. The standard InChI is InChI=1S/C18H17Br2N3OS/c1-12(24-16-9-7-15(20)8-10-16)17-21-22-18(23(17)2)25-11-13-3-5-14(19)6-4-13/h3-10,12H,11H2,1-2H3. The van der Waals surface area contributed by atoms with Gasteiger partial charge in [-0.15, -0.1) is 10.2 Å². The number of hydrogen-bond donors (Lipinski definition) is 0. The molecule has 7 heteroatoms. The van der Waals surface area contributed by atoms with Crippen LogP contribution in [0.15, 0.2) is 62.6 Å². The third kappa shape index (κ3) is 4.86. The molecular formula is C18H17Br2N3OS. The Labute approximate surface area is 168 Å². The molecule has 0 saturated heterocycles. The molecule has 130 valence electrons. The highest BCUT2D eigenvalue weighted by Gasteiger charge is 2.17. The lowest BCUT2D eigenvalue weighted by atomic mass is 10.2. The number of nitrogens with zero attached hydrogens (tertiary/aromatic N) is 3. The van der Waals surface area contributed by atoms with E-state index >= 15 is 0 Å². The van der Waals surface area contributed by atoms with Gasteiger partial charge in [-0.25, -0.2) is 0 Å². The third-order valence-electron chi connectivity index (χ3n) is 3.64. The highest BCUT2D eigenvalue weighted by molar-refractivity contribution is 9.10. The van der Waals surface area contributed by atoms with E-state index in [4.69, 9.17) is 4.74 Å². The van der Waals surface area contributed by atoms with Gasteiger partial charge in [0, 0.05) is 21.7 Å². The van der Waals surface area contributed by atoms with Crippen LogP contribution in [0, 0.1) is 0 Å². The average molecular weight is 483 g/mol. The molecule has 0 spiro atoms. The van der Waals surface area contributed by atoms with Crippen molar-refractivity contribution in [3.05, 3.63) is 68.9 Å². The van der Waals surface area contributed by atoms with E-state index in [9.17, 15) is 0 Å². The largest absolute Gasteiger partial charge is 0.483 e. The van der Waals surface area contributed by atoms with Gasteiger partial charge in [0.15, 0.2) is 17.1 Å². The lowest BCUT2D eigenvalue weighted by Crippen LogP contribution is -2.10. The van der Waals surface area contributed by atoms with Crippen LogP contribution in [-0.2, 0) is 12.8 Å². The summed E-state index contributed by atoms with van der Waals surface area (Å²) >= 11 is 8.54. The molecule has 2 aromatic carbocycles. The van der Waals surface area contributed by atoms with E-state index in [1.165, 1.54) is 5.56 Å². The normalized spacial score (nSPS) is 12.2. The monoisotopic (exact) mass is 481 g/mol. The van der Waals surface area contributed by atoms with E-state index < -0.39 is 0 Å². The molecule has 3 rings (SSSR count). The Morgan fingerprint density at radius 3 is 2.24 bits per heavy atom. The van der Waals surface area contributed by atoms with Crippen LogP contribution in [-0.4, -0.2) is 14.8 Å². The van der Waals surface area contributed by atoms with E-state index in [2.05, 4.69) is 54.2 Å². The summed E-state index contributed by atoms with van der Waals surface area (Å²) in [6.45, 7) is 1.98. The van der Waals surface area contributed by atoms with Gasteiger partial charge in [0.1, 0.15) is 5.75 Å². The van der Waals surface area contributed by atoms with Crippen LogP contribution in [0.5, 0.6) is 5.75 Å². The van der Waals surface area contributed by atoms with Crippen LogP contribution in [0.4, 0.5) is 0 Å². The smallest absolute Gasteiger partial charge is 0.191 e. The molecule has 0 saturated carbocycles. The molecule has 25 heavy (non-hydrogen) atoms. The summed E-state index contributed by atoms with van der Waals surface area (Å²) in [6.07, 6.45) is -0.180. The Morgan fingerprint density at radius 2 is 1.60 bits per heavy atom. The van der Waals surface area contributed by atoms with Gasteiger partial charge in [-0.05, 0) is 48.9 Å². The van der Waals surface area contributed by atoms with Gasteiger partial charge in [0.25, 0.3) is 0 Å². The Hall–Kier alpha value is -1.31. The number of aromatic nitrogens is 3. The predicted octanol–water partition coefficient (Wildman–Crippen LogP) is 5.77. The zero-order valence-corrected chi connectivity index (χ0v) is 17.8. The first-order valence-electron chi connectivity index (χ1n) is 7.71. The lowest BCUT2D eigenvalue weighted by molar-refractivity contribution is 0.211. The van der Waals surface area contributed by atoms with Crippen LogP contribution in [0.2, 0.25) is 0 Å². The van der Waals surface area contributed by atoms with E-state index in [0.717, 1.165) is 31.4 Å². The number of benzene rings is 2. The number of rotatable bonds is 6. The fourth-order valence-electron chi connectivity index (χ4n) is 2.30. The van der Waals surface area contributed by atoms with Crippen LogP contribution in [0.25, 0.3) is 0 Å². The maximum absolute atomic E-state index is 5.97. The minimum absolute atomic E-state index is 0.180. The first-order valence-corrected chi connectivity index (χ1v) is 10.3. The molecule has 0 aliphatic heterocycles. The van der Waals surface area contributed by atoms with Crippen molar-refractivity contribution in [3.63, 3.8) is 0 Å². The molecule has 0 N–H and O–H groups in total. The molecule has 0 bridgehead atoms. The van der Waals surface area contributed by atoms with Crippen LogP contribution >= 0.6 is 43.6 Å². The summed E-state index contributed by atoms with van der Waals surface area (Å²) in [5, 5.41) is 9.49. The Balaban J connectivity index is 1.65. The highest BCUT2D eigenvalue weighted by atomic mass is 79.9. The van der Waals surface area contributed by atoms with Crippen LogP contribution < -0.4 is 4.74 Å². The number of halogens is 2. The van der Waals surface area contributed by atoms with Gasteiger partial charge < -0.3 is 9.30 Å². The van der Waals surface area contributed by atoms with E-state index in [1.54, 1.807) is 11.8 Å². The van der Waals surface area contributed by atoms with Crippen molar-refractivity contribution in [1.82, 2.24) is 14.8 Å². The minimum atomic E-state index is -0.180. The van der Waals surface area contributed by atoms with Gasteiger partial charge in [-0.2, -0.15) is 0 Å². The fourth-order valence-corrected chi connectivity index (χ4v) is 3.71. The first-order chi connectivity index (χ1) is 12.0. The number of thioether (sulfide) groups is 1. The summed E-state index contributed by atoms with van der Waals surface area (Å²) in [4.78, 5) is 0. The molecule has 1 aromatic heterocycles. The van der Waals surface area contributed by atoms with E-state index in [0.29, 0.717) is 0 Å². The second-order valence-electron chi connectivity index (χ2n) is 5.53. The van der Waals surface area contributed by atoms with Gasteiger partial charge in [0.2, 0.25) is 0 Å². The molecule has 0 radical (unpaired) electrons. The lowest BCUT2D eigenvalue weighted by Gasteiger charge is -2.14. The van der Waals surface area contributed by atoms with E-state index in [1.807, 2.05) is 54.9 Å². The van der Waals surface area contributed by atoms with Crippen molar-refractivity contribution in [3.8, 4) is 5.75 Å². The van der Waals surface area contributed by atoms with Crippen molar-refractivity contribution in [2.24, 2.45) is 7.05 Å². The number of ether oxygens (including phenoxy) is 1. The van der Waals surface area contributed by atoms with Crippen molar-refractivity contribution in [1.29, 1.82) is 0 Å². The van der Waals surface area contributed by atoms with Crippen LogP contribution in [0.3, 0.4) is 0 Å². The van der Waals surface area contributed by atoms with Crippen molar-refractivity contribution >= 4 is 43.6 Å². The van der Waals surface area contributed by atoms with Crippen LogP contribution in [0.1, 0.15) is 24.4 Å². The van der Waals surface area contributed by atoms with Gasteiger partial charge in [0.05, 0.1) is 0 Å². The minimum Gasteiger partial charge on any atom is -0.483 e. The first kappa shape index (κ1) is 18.5. The zero-order valence-electron chi connectivity index (χ0n) is 13.8. The molecule has 4 nitrogen and oxygen atoms in total. The number of hydrogen-bond acceptors (Lipinski definition) is 4. The quantitative estimate of drug-likeness (QED) is 0.418. The Kier molecular flexibility index (Phi) is 6.19. The second kappa shape index (κ2) is 8.38. The maximum atomic E-state index is 5.97. The zero-order chi connectivity index (χ0) is 17.8. The summed E-state index contributed by atoms with van der Waals surface area (Å²) in [5.41, 5.74) is 1.25. The topological polar surface area (TPSA) is 39.9 Å². The average Bonchev–Trinajstić information content (AvgIpc) is 2.97. The molecule has 0 aliphatic carbocycles. The van der Waals surface area contributed by atoms with Crippen molar-refractivity contribution in [2.75, 3.05) is 0 Å². The van der Waals surface area contributed by atoms with Gasteiger partial charge >= 0.3 is 0 Å². The Morgan fingerprint density at radius 1 is 1.00 bits per heavy atom. The molecule has 0 aliphatic rings. The second-order valence-corrected chi connectivity index (χ2v) is 8.30. The molecule has 3 aromatic rings. The summed E-state index contributed by atoms with van der Waals surface area (Å²) in [7, 11) is 1.97. The summed E-state index contributed by atoms with van der Waals surface area (Å²) in [5.74, 6) is 2.46. The third-order valence-corrected chi connectivity index (χ3v) is 5.79. The van der Waals surface area contributed by atoms with E-state index in [-0.39, 0.29) is 6.10 Å². The Bertz CT molecular complexity index is 835. The summed E-state index contributed by atoms with van der Waals surface area (Å²) < 4.78 is 10.1. The fraction of sp³-hybridized carbons (Fsp3) is 0.222. The molecule has 1 unspecified atom stereocenters. The summed E-state index contributed by atoms with van der Waals surface area (Å²) in [6, 6.07) is 16.1. The molecule has 0 fully saturated rings. The van der Waals surface area contributed by atoms with Gasteiger partial charge in [-0.3, -0.25) is 0 Å². The van der Waals surface area contributed by atoms with Crippen molar-refractivity contribution < 1.29 is 4.74 Å². The molecular weight excluding hydrogens is 466 g/mol. The predicted molar refractivity (Wildman–Crippen MR) is 108 cm³/mol. The van der Waals surface area contributed by atoms with Crippen molar-refractivity contribution in [2.45, 2.75) is 23.9 Å². The van der Waals surface area contributed by atoms with Gasteiger partial charge in [-0.1, -0.05) is 55.8 Å². The molecule has 1 atom stereocenters. The molecule has 0 amide bonds.